The second kappa shape index (κ2) is 10.3. The predicted octanol–water partition coefficient (Wildman–Crippen LogP) is 3.52. The molecule has 0 bridgehead atoms. The third-order valence-electron chi connectivity index (χ3n) is 4.66. The lowest BCUT2D eigenvalue weighted by Crippen LogP contribution is -2.48. The Labute approximate surface area is 185 Å². The van der Waals surface area contributed by atoms with Gasteiger partial charge in [0.05, 0.1) is 17.6 Å². The van der Waals surface area contributed by atoms with Crippen LogP contribution in [0.15, 0.2) is 47.1 Å². The quantitative estimate of drug-likeness (QED) is 0.540. The topological polar surface area (TPSA) is 77.8 Å². The fourth-order valence-electron chi connectivity index (χ4n) is 3.16. The first kappa shape index (κ1) is 21.9. The Morgan fingerprint density at radius 2 is 2.00 bits per heavy atom. The number of piperazine rings is 1. The van der Waals surface area contributed by atoms with E-state index in [0.717, 1.165) is 5.69 Å². The Morgan fingerprint density at radius 3 is 2.67 bits per heavy atom. The number of thiocarbonyl (C=S) groups is 1. The first-order valence-electron chi connectivity index (χ1n) is 9.62. The molecule has 0 atom stereocenters. The molecule has 0 aliphatic carbocycles. The zero-order valence-corrected chi connectivity index (χ0v) is 18.1. The zero-order valence-electron chi connectivity index (χ0n) is 16.6. The van der Waals surface area contributed by atoms with Crippen molar-refractivity contribution in [2.24, 2.45) is 0 Å². The Balaban J connectivity index is 1.63. The van der Waals surface area contributed by atoms with Crippen LogP contribution in [0.3, 0.4) is 0 Å². The maximum absolute atomic E-state index is 12.1. The summed E-state index contributed by atoms with van der Waals surface area (Å²) in [6.07, 6.45) is 4.94. The van der Waals surface area contributed by atoms with E-state index in [1.807, 2.05) is 17.9 Å². The van der Waals surface area contributed by atoms with Gasteiger partial charge in [0.25, 0.3) is 0 Å². The number of hydrogen-bond donors (Lipinski definition) is 2. The number of hydrogen-bond acceptors (Lipinski definition) is 5. The molecular formula is C21H23ClN4O3S. The third-order valence-corrected chi connectivity index (χ3v) is 5.10. The molecule has 7 nitrogen and oxygen atoms in total. The van der Waals surface area contributed by atoms with Crippen molar-refractivity contribution in [2.45, 2.75) is 13.3 Å². The normalized spacial score (nSPS) is 14.1. The molecule has 3 rings (SSSR count). The summed E-state index contributed by atoms with van der Waals surface area (Å²) in [5, 5.41) is 6.37. The first-order valence-corrected chi connectivity index (χ1v) is 10.4. The molecule has 158 valence electrons. The van der Waals surface area contributed by atoms with E-state index >= 15 is 0 Å². The molecule has 1 aromatic heterocycles. The van der Waals surface area contributed by atoms with E-state index < -0.39 is 0 Å². The molecule has 2 heterocycles. The van der Waals surface area contributed by atoms with Crippen LogP contribution >= 0.6 is 23.8 Å². The molecule has 2 aromatic rings. The number of halogens is 1. The van der Waals surface area contributed by atoms with E-state index in [9.17, 15) is 9.59 Å². The van der Waals surface area contributed by atoms with Gasteiger partial charge in [-0.2, -0.15) is 0 Å². The Bertz CT molecular complexity index is 938. The van der Waals surface area contributed by atoms with Crippen LogP contribution in [-0.2, 0) is 9.59 Å². The smallest absolute Gasteiger partial charge is 0.250 e. The average Bonchev–Trinajstić information content (AvgIpc) is 3.25. The maximum Gasteiger partial charge on any atom is 0.250 e. The van der Waals surface area contributed by atoms with Crippen molar-refractivity contribution in [3.8, 4) is 0 Å². The second-order valence-electron chi connectivity index (χ2n) is 6.67. The minimum atomic E-state index is -0.376. The van der Waals surface area contributed by atoms with E-state index in [1.165, 1.54) is 12.3 Å². The number of furan rings is 1. The summed E-state index contributed by atoms with van der Waals surface area (Å²) in [6, 6.07) is 8.95. The van der Waals surface area contributed by atoms with E-state index in [-0.39, 0.29) is 16.9 Å². The van der Waals surface area contributed by atoms with E-state index in [1.54, 1.807) is 30.3 Å². The van der Waals surface area contributed by atoms with Gasteiger partial charge in [0.15, 0.2) is 5.11 Å². The molecule has 1 aliphatic heterocycles. The molecule has 0 unspecified atom stereocenters. The van der Waals surface area contributed by atoms with Gasteiger partial charge in [-0.15, -0.1) is 0 Å². The van der Waals surface area contributed by atoms with Gasteiger partial charge in [-0.3, -0.25) is 14.9 Å². The molecule has 2 amide bonds. The highest BCUT2D eigenvalue weighted by molar-refractivity contribution is 7.80. The lowest BCUT2D eigenvalue weighted by Gasteiger charge is -2.37. The van der Waals surface area contributed by atoms with Crippen LogP contribution in [0.1, 0.15) is 19.1 Å². The standard InChI is InChI=1S/C21H23ClN4O3S/c1-2-20(28)26-11-9-25(10-12-26)18-7-5-15(22)14-17(18)23-21(30)24-19(27)8-6-16-4-3-13-29-16/h3-8,13-14H,2,9-12H2,1H3,(H2,23,24,27,30)/b8-6+. The van der Waals surface area contributed by atoms with Crippen LogP contribution in [0.5, 0.6) is 0 Å². The van der Waals surface area contributed by atoms with Crippen molar-refractivity contribution in [1.29, 1.82) is 0 Å². The molecule has 0 saturated carbocycles. The van der Waals surface area contributed by atoms with Crippen molar-refractivity contribution in [3.05, 3.63) is 53.5 Å². The number of rotatable bonds is 5. The monoisotopic (exact) mass is 446 g/mol. The van der Waals surface area contributed by atoms with Gasteiger partial charge in [0, 0.05) is 43.7 Å². The molecule has 1 aliphatic rings. The zero-order chi connectivity index (χ0) is 21.5. The van der Waals surface area contributed by atoms with Gasteiger partial charge in [0.1, 0.15) is 5.76 Å². The number of benzene rings is 1. The Morgan fingerprint density at radius 1 is 1.23 bits per heavy atom. The SMILES string of the molecule is CCC(=O)N1CCN(c2ccc(Cl)cc2NC(=S)NC(=O)/C=C/c2ccco2)CC1. The van der Waals surface area contributed by atoms with Gasteiger partial charge in [0.2, 0.25) is 11.8 Å². The van der Waals surface area contributed by atoms with E-state index in [0.29, 0.717) is 49.1 Å². The first-order chi connectivity index (χ1) is 14.5. The molecule has 0 spiro atoms. The number of anilines is 2. The van der Waals surface area contributed by atoms with Crippen LogP contribution in [0.4, 0.5) is 11.4 Å². The van der Waals surface area contributed by atoms with Crippen molar-refractivity contribution < 1.29 is 14.0 Å². The Kier molecular flexibility index (Phi) is 7.48. The van der Waals surface area contributed by atoms with Gasteiger partial charge in [-0.05, 0) is 48.6 Å². The van der Waals surface area contributed by atoms with Crippen LogP contribution in [0.25, 0.3) is 6.08 Å². The lowest BCUT2D eigenvalue weighted by atomic mass is 10.2. The minimum Gasteiger partial charge on any atom is -0.465 e. The highest BCUT2D eigenvalue weighted by Gasteiger charge is 2.22. The summed E-state index contributed by atoms with van der Waals surface area (Å²) < 4.78 is 5.15. The summed E-state index contributed by atoms with van der Waals surface area (Å²) >= 11 is 11.5. The Hall–Kier alpha value is -2.84. The van der Waals surface area contributed by atoms with Crippen molar-refractivity contribution in [1.82, 2.24) is 10.2 Å². The fraction of sp³-hybridized carbons (Fsp3) is 0.286. The predicted molar refractivity (Wildman–Crippen MR) is 123 cm³/mol. The van der Waals surface area contributed by atoms with Gasteiger partial charge >= 0.3 is 0 Å². The fourth-order valence-corrected chi connectivity index (χ4v) is 3.54. The lowest BCUT2D eigenvalue weighted by molar-refractivity contribution is -0.131. The molecule has 9 heteroatoms. The largest absolute Gasteiger partial charge is 0.465 e. The number of nitrogens with one attached hydrogen (secondary N) is 2. The van der Waals surface area contributed by atoms with Gasteiger partial charge in [-0.25, -0.2) is 0 Å². The number of amides is 2. The van der Waals surface area contributed by atoms with Crippen molar-refractivity contribution in [2.75, 3.05) is 36.4 Å². The number of carbonyl (C=O) groups excluding carboxylic acids is 2. The van der Waals surface area contributed by atoms with Crippen LogP contribution < -0.4 is 15.5 Å². The number of nitrogens with zero attached hydrogens (tertiary/aromatic N) is 2. The average molecular weight is 447 g/mol. The summed E-state index contributed by atoms with van der Waals surface area (Å²) in [6.45, 7) is 4.59. The molecular weight excluding hydrogens is 424 g/mol. The van der Waals surface area contributed by atoms with Crippen LogP contribution in [-0.4, -0.2) is 48.0 Å². The summed E-state index contributed by atoms with van der Waals surface area (Å²) in [7, 11) is 0. The number of carbonyl (C=O) groups is 2. The van der Waals surface area contributed by atoms with Crippen molar-refractivity contribution >= 4 is 58.2 Å². The molecule has 30 heavy (non-hydrogen) atoms. The van der Waals surface area contributed by atoms with Crippen LogP contribution in [0, 0.1) is 0 Å². The van der Waals surface area contributed by atoms with Crippen molar-refractivity contribution in [3.63, 3.8) is 0 Å². The molecule has 1 saturated heterocycles. The second-order valence-corrected chi connectivity index (χ2v) is 7.52. The van der Waals surface area contributed by atoms with E-state index in [4.69, 9.17) is 28.2 Å². The summed E-state index contributed by atoms with van der Waals surface area (Å²) in [4.78, 5) is 28.0. The third kappa shape index (κ3) is 5.84. The van der Waals surface area contributed by atoms with Gasteiger partial charge in [-0.1, -0.05) is 18.5 Å². The summed E-state index contributed by atoms with van der Waals surface area (Å²) in [5.41, 5.74) is 1.60. The summed E-state index contributed by atoms with van der Waals surface area (Å²) in [5.74, 6) is 0.358. The molecule has 0 radical (unpaired) electrons. The highest BCUT2D eigenvalue weighted by atomic mass is 35.5. The van der Waals surface area contributed by atoms with Crippen LogP contribution in [0.2, 0.25) is 5.02 Å². The highest BCUT2D eigenvalue weighted by Crippen LogP contribution is 2.30. The molecule has 1 fully saturated rings. The molecule has 2 N–H and O–H groups in total. The van der Waals surface area contributed by atoms with E-state index in [2.05, 4.69) is 15.5 Å². The maximum atomic E-state index is 12.1. The van der Waals surface area contributed by atoms with Gasteiger partial charge < -0.3 is 19.5 Å². The molecule has 1 aromatic carbocycles. The minimum absolute atomic E-state index is 0.160.